The van der Waals surface area contributed by atoms with Gasteiger partial charge in [0, 0.05) is 18.5 Å². The van der Waals surface area contributed by atoms with Gasteiger partial charge in [-0.25, -0.2) is 4.79 Å². The van der Waals surface area contributed by atoms with E-state index in [2.05, 4.69) is 5.32 Å². The molecule has 9 nitrogen and oxygen atoms in total. The molecular weight excluding hydrogens is 366 g/mol. The van der Waals surface area contributed by atoms with Gasteiger partial charge in [0.05, 0.1) is 11.1 Å². The fourth-order valence-corrected chi connectivity index (χ4v) is 3.39. The zero-order valence-electron chi connectivity index (χ0n) is 15.8. The molecule has 0 aliphatic carbocycles. The monoisotopic (exact) mass is 387 g/mol. The molecule has 148 valence electrons. The van der Waals surface area contributed by atoms with Crippen LogP contribution in [0.1, 0.15) is 59.9 Å². The minimum atomic E-state index is -1.10. The molecule has 0 saturated carbocycles. The number of carboxylic acid groups (broad SMARTS) is 1. The third kappa shape index (κ3) is 3.35. The number of carbonyl (C=O) groups excluding carboxylic acids is 4. The number of rotatable bonds is 3. The van der Waals surface area contributed by atoms with Gasteiger partial charge in [-0.05, 0) is 44.9 Å². The smallest absolute Gasteiger partial charge is 0.408 e. The molecule has 3 rings (SSSR count). The van der Waals surface area contributed by atoms with Crippen molar-refractivity contribution in [2.75, 3.05) is 0 Å². The van der Waals surface area contributed by atoms with Gasteiger partial charge >= 0.3 is 6.09 Å². The lowest BCUT2D eigenvalue weighted by molar-refractivity contribution is -0.136. The van der Waals surface area contributed by atoms with Gasteiger partial charge in [0.15, 0.2) is 0 Å². The summed E-state index contributed by atoms with van der Waals surface area (Å²) in [7, 11) is 0. The van der Waals surface area contributed by atoms with Crippen molar-refractivity contribution < 1.29 is 29.1 Å². The fraction of sp³-hybridized carbons (Fsp3) is 0.421. The lowest BCUT2D eigenvalue weighted by Gasteiger charge is -2.33. The number of piperidine rings is 1. The van der Waals surface area contributed by atoms with Crippen molar-refractivity contribution in [3.05, 3.63) is 34.9 Å². The van der Waals surface area contributed by atoms with Crippen molar-refractivity contribution in [3.63, 3.8) is 0 Å². The minimum absolute atomic E-state index is 0.0476. The van der Waals surface area contributed by atoms with Crippen molar-refractivity contribution >= 4 is 29.7 Å². The number of nitrogens with one attached hydrogen (secondary N) is 1. The highest BCUT2D eigenvalue weighted by atomic mass is 16.4. The number of hydrogen-bond acceptors (Lipinski definition) is 5. The first-order valence-electron chi connectivity index (χ1n) is 8.86. The molecule has 2 aliphatic rings. The van der Waals surface area contributed by atoms with E-state index in [0.29, 0.717) is 5.56 Å². The molecule has 2 heterocycles. The molecule has 1 unspecified atom stereocenters. The minimum Gasteiger partial charge on any atom is -0.465 e. The predicted molar refractivity (Wildman–Crippen MR) is 96.4 cm³/mol. The molecule has 1 saturated heterocycles. The summed E-state index contributed by atoms with van der Waals surface area (Å²) < 4.78 is 0. The Morgan fingerprint density at radius 3 is 2.39 bits per heavy atom. The van der Waals surface area contributed by atoms with Crippen molar-refractivity contribution in [3.8, 4) is 0 Å². The first-order valence-corrected chi connectivity index (χ1v) is 8.86. The number of imide groups is 2. The van der Waals surface area contributed by atoms with Crippen LogP contribution in [0.25, 0.3) is 0 Å². The van der Waals surface area contributed by atoms with Crippen LogP contribution >= 0.6 is 0 Å². The van der Waals surface area contributed by atoms with Crippen LogP contribution in [-0.4, -0.2) is 56.2 Å². The molecular formula is C19H21N3O6. The third-order valence-corrected chi connectivity index (χ3v) is 4.89. The molecule has 1 aromatic carbocycles. The van der Waals surface area contributed by atoms with Crippen LogP contribution in [0.15, 0.2) is 18.2 Å². The highest BCUT2D eigenvalue weighted by Gasteiger charge is 2.44. The zero-order chi connectivity index (χ0) is 20.8. The Bertz CT molecular complexity index is 901. The van der Waals surface area contributed by atoms with Crippen LogP contribution in [0.3, 0.4) is 0 Å². The van der Waals surface area contributed by atoms with E-state index in [4.69, 9.17) is 0 Å². The molecule has 28 heavy (non-hydrogen) atoms. The maximum atomic E-state index is 12.8. The summed E-state index contributed by atoms with van der Waals surface area (Å²) in [6.45, 7) is 5.32. The summed E-state index contributed by atoms with van der Waals surface area (Å²) in [5.74, 6) is -2.31. The largest absolute Gasteiger partial charge is 0.465 e. The lowest BCUT2D eigenvalue weighted by atomic mass is 10.0. The van der Waals surface area contributed by atoms with Crippen molar-refractivity contribution in [2.45, 2.75) is 51.7 Å². The summed E-state index contributed by atoms with van der Waals surface area (Å²) in [6.07, 6.45) is -0.964. The molecule has 2 N–H and O–H groups in total. The molecule has 1 fully saturated rings. The maximum absolute atomic E-state index is 12.8. The molecule has 2 aliphatic heterocycles. The second-order valence-corrected chi connectivity index (χ2v) is 7.87. The molecule has 1 atom stereocenters. The number of nitrogens with zero attached hydrogens (tertiary/aromatic N) is 2. The lowest BCUT2D eigenvalue weighted by Crippen LogP contribution is -2.54. The van der Waals surface area contributed by atoms with Crippen molar-refractivity contribution in [1.29, 1.82) is 0 Å². The Hall–Kier alpha value is -3.23. The molecule has 0 aromatic heterocycles. The molecule has 0 radical (unpaired) electrons. The summed E-state index contributed by atoms with van der Waals surface area (Å²) >= 11 is 0. The van der Waals surface area contributed by atoms with Gasteiger partial charge in [0.25, 0.3) is 11.8 Å². The quantitative estimate of drug-likeness (QED) is 0.755. The Kier molecular flexibility index (Phi) is 4.70. The van der Waals surface area contributed by atoms with E-state index in [1.54, 1.807) is 26.8 Å². The van der Waals surface area contributed by atoms with Crippen LogP contribution in [0, 0.1) is 0 Å². The average molecular weight is 387 g/mol. The number of amides is 5. The van der Waals surface area contributed by atoms with Gasteiger partial charge in [0.2, 0.25) is 11.8 Å². The molecule has 5 amide bonds. The number of fused-ring (bicyclic) bond motifs is 1. The Balaban J connectivity index is 1.89. The first-order chi connectivity index (χ1) is 13.0. The van der Waals surface area contributed by atoms with Gasteiger partial charge in [-0.1, -0.05) is 6.07 Å². The maximum Gasteiger partial charge on any atom is 0.408 e. The normalized spacial score (nSPS) is 19.5. The van der Waals surface area contributed by atoms with Crippen LogP contribution < -0.4 is 5.32 Å². The second-order valence-electron chi connectivity index (χ2n) is 7.87. The van der Waals surface area contributed by atoms with Gasteiger partial charge in [0.1, 0.15) is 6.04 Å². The van der Waals surface area contributed by atoms with E-state index in [0.717, 1.165) is 4.90 Å². The summed E-state index contributed by atoms with van der Waals surface area (Å²) in [6, 6.07) is 3.53. The zero-order valence-corrected chi connectivity index (χ0v) is 15.8. The Morgan fingerprint density at radius 1 is 1.18 bits per heavy atom. The van der Waals surface area contributed by atoms with Gasteiger partial charge < -0.3 is 5.11 Å². The van der Waals surface area contributed by atoms with E-state index in [1.165, 1.54) is 17.0 Å². The van der Waals surface area contributed by atoms with Crippen LogP contribution in [0.2, 0.25) is 0 Å². The SMILES string of the molecule is CC(C)(C)N(Cc1ccc2c(c1)C(=O)N(C1CCC(=O)NC1=O)C2=O)C(=O)O. The molecule has 0 spiro atoms. The molecule has 0 bridgehead atoms. The highest BCUT2D eigenvalue weighted by Crippen LogP contribution is 2.29. The number of benzene rings is 1. The Labute approximate surface area is 161 Å². The highest BCUT2D eigenvalue weighted by molar-refractivity contribution is 6.23. The van der Waals surface area contributed by atoms with E-state index in [9.17, 15) is 29.1 Å². The topological polar surface area (TPSA) is 124 Å². The van der Waals surface area contributed by atoms with Crippen LogP contribution in [-0.2, 0) is 16.1 Å². The average Bonchev–Trinajstić information content (AvgIpc) is 2.83. The van der Waals surface area contributed by atoms with Gasteiger partial charge in [-0.3, -0.25) is 34.3 Å². The number of carbonyl (C=O) groups is 5. The van der Waals surface area contributed by atoms with Gasteiger partial charge in [-0.15, -0.1) is 0 Å². The van der Waals surface area contributed by atoms with Crippen LogP contribution in [0.5, 0.6) is 0 Å². The summed E-state index contributed by atoms with van der Waals surface area (Å²) in [5.41, 5.74) is 0.202. The van der Waals surface area contributed by atoms with Gasteiger partial charge in [-0.2, -0.15) is 0 Å². The molecule has 1 aromatic rings. The third-order valence-electron chi connectivity index (χ3n) is 4.89. The standard InChI is InChI=1S/C19H21N3O6/c1-19(2,3)21(18(27)28)9-10-4-5-11-12(8-10)17(26)22(16(11)25)13-6-7-14(23)20-15(13)24/h4-5,8,13H,6-7,9H2,1-3H3,(H,27,28)(H,20,23,24). The number of hydrogen-bond donors (Lipinski definition) is 2. The van der Waals surface area contributed by atoms with E-state index >= 15 is 0 Å². The van der Waals surface area contributed by atoms with Crippen molar-refractivity contribution in [2.24, 2.45) is 0 Å². The fourth-order valence-electron chi connectivity index (χ4n) is 3.39. The Morgan fingerprint density at radius 2 is 1.82 bits per heavy atom. The van der Waals surface area contributed by atoms with Crippen molar-refractivity contribution in [1.82, 2.24) is 15.1 Å². The summed E-state index contributed by atoms with van der Waals surface area (Å²) in [4.78, 5) is 62.6. The predicted octanol–water partition coefficient (Wildman–Crippen LogP) is 1.37. The van der Waals surface area contributed by atoms with E-state index in [1.807, 2.05) is 0 Å². The summed E-state index contributed by atoms with van der Waals surface area (Å²) in [5, 5.41) is 11.6. The molecule has 9 heteroatoms. The van der Waals surface area contributed by atoms with E-state index in [-0.39, 0.29) is 30.5 Å². The van der Waals surface area contributed by atoms with Crippen LogP contribution in [0.4, 0.5) is 4.79 Å². The van der Waals surface area contributed by atoms with E-state index < -0.39 is 41.3 Å². The second kappa shape index (κ2) is 6.74. The first kappa shape index (κ1) is 19.5.